The summed E-state index contributed by atoms with van der Waals surface area (Å²) >= 11 is 0. The predicted octanol–water partition coefficient (Wildman–Crippen LogP) is 4.54. The number of aliphatic hydroxyl groups is 3. The summed E-state index contributed by atoms with van der Waals surface area (Å²) in [5.41, 5.74) is -0.00956. The Morgan fingerprint density at radius 2 is 1.88 bits per heavy atom. The molecule has 0 saturated heterocycles. The van der Waals surface area contributed by atoms with Crippen molar-refractivity contribution in [1.29, 1.82) is 0 Å². The van der Waals surface area contributed by atoms with E-state index in [0.717, 1.165) is 38.5 Å². The second-order valence-corrected chi connectivity index (χ2v) is 12.5. The number of carboxylic acids is 1. The van der Waals surface area contributed by atoms with Crippen LogP contribution in [0.15, 0.2) is 11.6 Å². The van der Waals surface area contributed by atoms with Gasteiger partial charge in [0.15, 0.2) is 5.60 Å². The van der Waals surface area contributed by atoms with E-state index in [1.54, 1.807) is 0 Å². The van der Waals surface area contributed by atoms with Gasteiger partial charge in [-0.1, -0.05) is 38.8 Å². The van der Waals surface area contributed by atoms with Crippen LogP contribution in [0.5, 0.6) is 0 Å². The van der Waals surface area contributed by atoms with Crippen molar-refractivity contribution in [2.45, 2.75) is 110 Å². The van der Waals surface area contributed by atoms with E-state index < -0.39 is 17.7 Å². The summed E-state index contributed by atoms with van der Waals surface area (Å²) in [6, 6.07) is 0. The maximum atomic E-state index is 11.3. The van der Waals surface area contributed by atoms with Gasteiger partial charge in [-0.05, 0) is 105 Å². The average Bonchev–Trinajstić information content (AvgIpc) is 3.06. The van der Waals surface area contributed by atoms with Gasteiger partial charge in [0.2, 0.25) is 0 Å². The molecule has 0 bridgehead atoms. The first kappa shape index (κ1) is 24.2. The van der Waals surface area contributed by atoms with Gasteiger partial charge in [-0.3, -0.25) is 0 Å². The van der Waals surface area contributed by atoms with Gasteiger partial charge in [0.05, 0.1) is 12.2 Å². The zero-order valence-electron chi connectivity index (χ0n) is 20.4. The van der Waals surface area contributed by atoms with Gasteiger partial charge in [-0.15, -0.1) is 0 Å². The van der Waals surface area contributed by atoms with Crippen LogP contribution in [0.3, 0.4) is 0 Å². The maximum Gasteiger partial charge on any atom is 0.335 e. The number of aliphatic carboxylic acids is 1. The summed E-state index contributed by atoms with van der Waals surface area (Å²) in [5, 5.41) is 40.7. The Morgan fingerprint density at radius 1 is 1.16 bits per heavy atom. The summed E-state index contributed by atoms with van der Waals surface area (Å²) in [4.78, 5) is 11.2. The zero-order chi connectivity index (χ0) is 23.5. The van der Waals surface area contributed by atoms with E-state index in [1.165, 1.54) is 31.8 Å². The molecule has 0 aliphatic heterocycles. The number of carboxylic acid groups (broad SMARTS) is 1. The normalized spacial score (nSPS) is 46.3. The van der Waals surface area contributed by atoms with Gasteiger partial charge in [0.25, 0.3) is 0 Å². The van der Waals surface area contributed by atoms with E-state index in [2.05, 4.69) is 26.8 Å². The van der Waals surface area contributed by atoms with E-state index in [9.17, 15) is 25.2 Å². The largest absolute Gasteiger partial charge is 0.479 e. The summed E-state index contributed by atoms with van der Waals surface area (Å²) in [5.74, 6) is 1.26. The Balaban J connectivity index is 1.48. The Labute approximate surface area is 193 Å². The third kappa shape index (κ3) is 3.86. The van der Waals surface area contributed by atoms with Crippen molar-refractivity contribution in [3.63, 3.8) is 0 Å². The SMILES string of the molecule is CC(CCCC(C)(O)C(=O)O)[C@H]1CC[C@H]2[C@@H]3[C@@H](O)C=C4C[C@@H](O)CC[C@]4(C)[C@H]3CC[C@]12C. The highest BCUT2D eigenvalue weighted by Crippen LogP contribution is 2.67. The van der Waals surface area contributed by atoms with E-state index in [0.29, 0.717) is 36.0 Å². The lowest BCUT2D eigenvalue weighted by Crippen LogP contribution is -2.54. The summed E-state index contributed by atoms with van der Waals surface area (Å²) < 4.78 is 0. The standard InChI is InChI=1S/C27H44O5/c1-16(6-5-11-27(4,32)24(30)31)19-7-8-20-23-21(10-13-26(19,20)3)25(2)12-9-18(28)14-17(25)15-22(23)29/h15-16,18-23,28-29,32H,5-14H2,1-4H3,(H,30,31)/t16?,18-,19+,20-,21-,22-,23-,25-,26+,27?/m0/s1. The van der Waals surface area contributed by atoms with E-state index in [-0.39, 0.29) is 16.9 Å². The number of fused-ring (bicyclic) bond motifs is 5. The Bertz CT molecular complexity index is 759. The van der Waals surface area contributed by atoms with Crippen molar-refractivity contribution in [3.8, 4) is 0 Å². The molecule has 4 aliphatic carbocycles. The summed E-state index contributed by atoms with van der Waals surface area (Å²) in [7, 11) is 0. The molecule has 3 saturated carbocycles. The van der Waals surface area contributed by atoms with Crippen LogP contribution in [0.2, 0.25) is 0 Å². The molecule has 3 fully saturated rings. The maximum absolute atomic E-state index is 11.3. The monoisotopic (exact) mass is 448 g/mol. The molecule has 4 N–H and O–H groups in total. The molecule has 0 aromatic heterocycles. The minimum Gasteiger partial charge on any atom is -0.479 e. The molecule has 5 heteroatoms. The van der Waals surface area contributed by atoms with Crippen molar-refractivity contribution in [2.75, 3.05) is 0 Å². The molecular formula is C27H44O5. The highest BCUT2D eigenvalue weighted by atomic mass is 16.4. The molecule has 10 atom stereocenters. The Hall–Kier alpha value is -0.910. The molecule has 0 radical (unpaired) electrons. The molecule has 32 heavy (non-hydrogen) atoms. The zero-order valence-corrected chi connectivity index (χ0v) is 20.4. The van der Waals surface area contributed by atoms with Crippen LogP contribution in [0, 0.1) is 40.4 Å². The molecule has 5 nitrogen and oxygen atoms in total. The van der Waals surface area contributed by atoms with Crippen LogP contribution in [0.25, 0.3) is 0 Å². The second kappa shape index (κ2) is 8.39. The van der Waals surface area contributed by atoms with Crippen LogP contribution < -0.4 is 0 Å². The third-order valence-corrected chi connectivity index (χ3v) is 10.6. The topological polar surface area (TPSA) is 98.0 Å². The van der Waals surface area contributed by atoms with Crippen molar-refractivity contribution in [3.05, 3.63) is 11.6 Å². The Kier molecular flexibility index (Phi) is 6.35. The minimum atomic E-state index is -1.64. The van der Waals surface area contributed by atoms with Gasteiger partial charge in [-0.25, -0.2) is 4.79 Å². The molecule has 2 unspecified atom stereocenters. The molecule has 0 aromatic rings. The number of hydrogen-bond acceptors (Lipinski definition) is 4. The van der Waals surface area contributed by atoms with E-state index >= 15 is 0 Å². The van der Waals surface area contributed by atoms with Gasteiger partial charge in [-0.2, -0.15) is 0 Å². The van der Waals surface area contributed by atoms with Crippen molar-refractivity contribution in [2.24, 2.45) is 40.4 Å². The fourth-order valence-corrected chi connectivity index (χ4v) is 8.68. The first-order chi connectivity index (χ1) is 14.9. The van der Waals surface area contributed by atoms with E-state index in [4.69, 9.17) is 0 Å². The molecular weight excluding hydrogens is 404 g/mol. The minimum absolute atomic E-state index is 0.122. The summed E-state index contributed by atoms with van der Waals surface area (Å²) in [6.45, 7) is 8.54. The molecule has 0 amide bonds. The highest BCUT2D eigenvalue weighted by Gasteiger charge is 2.61. The molecule has 0 spiro atoms. The molecule has 0 aromatic carbocycles. The smallest absolute Gasteiger partial charge is 0.335 e. The van der Waals surface area contributed by atoms with Crippen LogP contribution in [-0.2, 0) is 4.79 Å². The highest BCUT2D eigenvalue weighted by molar-refractivity contribution is 5.76. The molecule has 0 heterocycles. The van der Waals surface area contributed by atoms with Crippen LogP contribution in [0.4, 0.5) is 0 Å². The van der Waals surface area contributed by atoms with Crippen molar-refractivity contribution in [1.82, 2.24) is 0 Å². The van der Waals surface area contributed by atoms with Crippen LogP contribution in [0.1, 0.15) is 91.9 Å². The molecule has 4 rings (SSSR count). The third-order valence-electron chi connectivity index (χ3n) is 10.6. The fourth-order valence-electron chi connectivity index (χ4n) is 8.68. The van der Waals surface area contributed by atoms with Crippen molar-refractivity contribution < 1.29 is 25.2 Å². The average molecular weight is 449 g/mol. The van der Waals surface area contributed by atoms with Crippen LogP contribution in [-0.4, -0.2) is 44.2 Å². The second-order valence-electron chi connectivity index (χ2n) is 12.5. The van der Waals surface area contributed by atoms with E-state index in [1.807, 2.05) is 0 Å². The number of aliphatic hydroxyl groups excluding tert-OH is 2. The lowest BCUT2D eigenvalue weighted by Gasteiger charge is -2.59. The van der Waals surface area contributed by atoms with Crippen LogP contribution >= 0.6 is 0 Å². The van der Waals surface area contributed by atoms with Gasteiger partial charge in [0, 0.05) is 0 Å². The number of carbonyl (C=O) groups is 1. The first-order valence-corrected chi connectivity index (χ1v) is 12.9. The molecule has 4 aliphatic rings. The lowest BCUT2D eigenvalue weighted by molar-refractivity contribution is -0.157. The van der Waals surface area contributed by atoms with Crippen molar-refractivity contribution >= 4 is 5.97 Å². The van der Waals surface area contributed by atoms with Gasteiger partial charge in [0.1, 0.15) is 0 Å². The lowest BCUT2D eigenvalue weighted by atomic mass is 9.46. The predicted molar refractivity (Wildman–Crippen MR) is 124 cm³/mol. The number of hydrogen-bond donors (Lipinski definition) is 4. The Morgan fingerprint density at radius 3 is 2.56 bits per heavy atom. The fraction of sp³-hybridized carbons (Fsp3) is 0.889. The molecule has 182 valence electrons. The number of rotatable bonds is 6. The van der Waals surface area contributed by atoms with Gasteiger partial charge < -0.3 is 20.4 Å². The first-order valence-electron chi connectivity index (χ1n) is 12.9. The van der Waals surface area contributed by atoms with Gasteiger partial charge >= 0.3 is 5.97 Å². The quantitative estimate of drug-likeness (QED) is 0.447. The summed E-state index contributed by atoms with van der Waals surface area (Å²) in [6.07, 6.45) is 10.7.